The van der Waals surface area contributed by atoms with E-state index in [4.69, 9.17) is 11.2 Å². The number of carbonyl (C=O) groups excluding carboxylic acids is 3. The van der Waals surface area contributed by atoms with Crippen LogP contribution in [0.4, 0.5) is 4.79 Å². The molecule has 7 nitrogen and oxygen atoms in total. The van der Waals surface area contributed by atoms with Gasteiger partial charge in [0.25, 0.3) is 0 Å². The molecule has 3 amide bonds. The van der Waals surface area contributed by atoms with Gasteiger partial charge in [0.05, 0.1) is 0 Å². The SMILES string of the molecule is C#Cc1ccc(C(C(=O)NC2CCCCC2)N(CCCC)C(=O)C(NC(=O)OC(C)(C)C)C(C)C)cc1. The molecule has 2 unspecified atom stereocenters. The van der Waals surface area contributed by atoms with Crippen molar-refractivity contribution in [2.45, 2.75) is 110 Å². The first kappa shape index (κ1) is 30.2. The van der Waals surface area contributed by atoms with Gasteiger partial charge in [-0.2, -0.15) is 0 Å². The molecule has 0 spiro atoms. The molecule has 37 heavy (non-hydrogen) atoms. The van der Waals surface area contributed by atoms with Crippen LogP contribution in [0.15, 0.2) is 24.3 Å². The Kier molecular flexibility index (Phi) is 11.5. The lowest BCUT2D eigenvalue weighted by molar-refractivity contribution is -0.143. The van der Waals surface area contributed by atoms with Crippen molar-refractivity contribution in [3.8, 4) is 12.3 Å². The van der Waals surface area contributed by atoms with Gasteiger partial charge in [-0.05, 0) is 63.6 Å². The Morgan fingerprint density at radius 3 is 2.24 bits per heavy atom. The second-order valence-electron chi connectivity index (χ2n) is 11.3. The van der Waals surface area contributed by atoms with Gasteiger partial charge < -0.3 is 20.3 Å². The molecule has 0 aromatic heterocycles. The van der Waals surface area contributed by atoms with E-state index in [0.29, 0.717) is 17.7 Å². The van der Waals surface area contributed by atoms with E-state index in [2.05, 4.69) is 16.6 Å². The molecule has 0 bridgehead atoms. The third-order valence-electron chi connectivity index (χ3n) is 6.55. The smallest absolute Gasteiger partial charge is 0.408 e. The topological polar surface area (TPSA) is 87.7 Å². The predicted octanol–water partition coefficient (Wildman–Crippen LogP) is 5.34. The fourth-order valence-electron chi connectivity index (χ4n) is 4.58. The van der Waals surface area contributed by atoms with Gasteiger partial charge in [-0.3, -0.25) is 9.59 Å². The highest BCUT2D eigenvalue weighted by Gasteiger charge is 2.37. The van der Waals surface area contributed by atoms with Gasteiger partial charge in [0.15, 0.2) is 0 Å². The summed E-state index contributed by atoms with van der Waals surface area (Å²) in [5.41, 5.74) is 0.697. The summed E-state index contributed by atoms with van der Waals surface area (Å²) in [7, 11) is 0. The highest BCUT2D eigenvalue weighted by molar-refractivity contribution is 5.92. The molecule has 0 saturated heterocycles. The maximum absolute atomic E-state index is 14.1. The summed E-state index contributed by atoms with van der Waals surface area (Å²) in [5, 5.41) is 5.98. The molecule has 1 fully saturated rings. The second-order valence-corrected chi connectivity index (χ2v) is 11.3. The first-order valence-electron chi connectivity index (χ1n) is 13.6. The van der Waals surface area contributed by atoms with Crippen LogP contribution in [-0.4, -0.2) is 47.0 Å². The van der Waals surface area contributed by atoms with Crippen LogP contribution in [-0.2, 0) is 14.3 Å². The Balaban J connectivity index is 2.44. The number of alkyl carbamates (subject to hydrolysis) is 1. The molecule has 2 atom stereocenters. The van der Waals surface area contributed by atoms with Crippen molar-refractivity contribution >= 4 is 17.9 Å². The third kappa shape index (κ3) is 9.42. The van der Waals surface area contributed by atoms with E-state index in [-0.39, 0.29) is 23.8 Å². The Hall–Kier alpha value is -3.01. The zero-order chi connectivity index (χ0) is 27.6. The molecule has 1 aliphatic carbocycles. The van der Waals surface area contributed by atoms with Crippen molar-refractivity contribution < 1.29 is 19.1 Å². The van der Waals surface area contributed by atoms with Gasteiger partial charge in [-0.25, -0.2) is 4.79 Å². The van der Waals surface area contributed by atoms with Crippen LogP contribution in [0.25, 0.3) is 0 Å². The lowest BCUT2D eigenvalue weighted by atomic mass is 9.94. The Morgan fingerprint density at radius 2 is 1.73 bits per heavy atom. The van der Waals surface area contributed by atoms with Gasteiger partial charge >= 0.3 is 6.09 Å². The number of hydrogen-bond acceptors (Lipinski definition) is 4. The highest BCUT2D eigenvalue weighted by Crippen LogP contribution is 2.26. The molecule has 1 aromatic carbocycles. The lowest BCUT2D eigenvalue weighted by Gasteiger charge is -2.36. The fourth-order valence-corrected chi connectivity index (χ4v) is 4.58. The van der Waals surface area contributed by atoms with Crippen molar-refractivity contribution in [3.05, 3.63) is 35.4 Å². The average Bonchev–Trinajstić information content (AvgIpc) is 2.84. The van der Waals surface area contributed by atoms with E-state index in [1.807, 2.05) is 32.9 Å². The number of hydrogen-bond donors (Lipinski definition) is 2. The Morgan fingerprint density at radius 1 is 1.11 bits per heavy atom. The first-order chi connectivity index (χ1) is 17.5. The number of rotatable bonds is 10. The van der Waals surface area contributed by atoms with Crippen molar-refractivity contribution in [1.82, 2.24) is 15.5 Å². The monoisotopic (exact) mass is 511 g/mol. The number of nitrogens with zero attached hydrogens (tertiary/aromatic N) is 1. The Bertz CT molecular complexity index is 937. The number of benzene rings is 1. The number of amides is 3. The summed E-state index contributed by atoms with van der Waals surface area (Å²) in [5.74, 6) is 1.88. The molecule has 7 heteroatoms. The zero-order valence-electron chi connectivity index (χ0n) is 23.4. The maximum Gasteiger partial charge on any atom is 0.408 e. The number of ether oxygens (including phenoxy) is 1. The molecular formula is C30H45N3O4. The molecule has 1 aromatic rings. The number of unbranched alkanes of at least 4 members (excludes halogenated alkanes) is 1. The quantitative estimate of drug-likeness (QED) is 0.415. The summed E-state index contributed by atoms with van der Waals surface area (Å²) in [4.78, 5) is 42.1. The van der Waals surface area contributed by atoms with E-state index in [0.717, 1.165) is 38.5 Å². The van der Waals surface area contributed by atoms with Crippen LogP contribution < -0.4 is 10.6 Å². The molecular weight excluding hydrogens is 466 g/mol. The van der Waals surface area contributed by atoms with Gasteiger partial charge in [0.1, 0.15) is 17.7 Å². The summed E-state index contributed by atoms with van der Waals surface area (Å²) >= 11 is 0. The van der Waals surface area contributed by atoms with E-state index in [9.17, 15) is 14.4 Å². The van der Waals surface area contributed by atoms with E-state index >= 15 is 0 Å². The summed E-state index contributed by atoms with van der Waals surface area (Å²) < 4.78 is 5.43. The molecule has 204 valence electrons. The number of carbonyl (C=O) groups is 3. The van der Waals surface area contributed by atoms with Crippen LogP contribution in [0, 0.1) is 18.3 Å². The van der Waals surface area contributed by atoms with Gasteiger partial charge in [-0.1, -0.05) is 64.5 Å². The summed E-state index contributed by atoms with van der Waals surface area (Å²) in [6, 6.07) is 5.62. The second kappa shape index (κ2) is 14.1. The lowest BCUT2D eigenvalue weighted by Crippen LogP contribution is -2.55. The highest BCUT2D eigenvalue weighted by atomic mass is 16.6. The van der Waals surface area contributed by atoms with Crippen molar-refractivity contribution in [2.24, 2.45) is 5.92 Å². The van der Waals surface area contributed by atoms with E-state index in [1.165, 1.54) is 6.42 Å². The minimum absolute atomic E-state index is 0.0950. The average molecular weight is 512 g/mol. The molecule has 2 N–H and O–H groups in total. The van der Waals surface area contributed by atoms with Crippen LogP contribution in [0.2, 0.25) is 0 Å². The molecule has 0 heterocycles. The summed E-state index contributed by atoms with van der Waals surface area (Å²) in [6.45, 7) is 11.5. The normalized spacial score (nSPS) is 15.8. The predicted molar refractivity (Wildman–Crippen MR) is 147 cm³/mol. The fraction of sp³-hybridized carbons (Fsp3) is 0.633. The van der Waals surface area contributed by atoms with Crippen LogP contribution in [0.5, 0.6) is 0 Å². The minimum atomic E-state index is -0.846. The third-order valence-corrected chi connectivity index (χ3v) is 6.55. The Labute approximate surface area is 223 Å². The van der Waals surface area contributed by atoms with Crippen LogP contribution in [0.1, 0.15) is 104 Å². The van der Waals surface area contributed by atoms with E-state index in [1.54, 1.807) is 37.8 Å². The van der Waals surface area contributed by atoms with Crippen molar-refractivity contribution in [1.29, 1.82) is 0 Å². The van der Waals surface area contributed by atoms with Gasteiger partial charge in [0.2, 0.25) is 11.8 Å². The van der Waals surface area contributed by atoms with Gasteiger partial charge in [-0.15, -0.1) is 6.42 Å². The minimum Gasteiger partial charge on any atom is -0.444 e. The standard InChI is InChI=1S/C30H45N3O4/c1-8-10-20-33(28(35)25(21(3)4)32-29(36)37-30(5,6)7)26(23-18-16-22(9-2)17-19-23)27(34)31-24-14-12-11-13-15-24/h2,16-19,21,24-26H,8,10-15,20H2,1,3-7H3,(H,31,34)(H,32,36). The molecule has 1 saturated carbocycles. The van der Waals surface area contributed by atoms with Crippen molar-refractivity contribution in [2.75, 3.05) is 6.54 Å². The number of nitrogens with one attached hydrogen (secondary N) is 2. The van der Waals surface area contributed by atoms with Crippen LogP contribution >= 0.6 is 0 Å². The molecule has 0 aliphatic heterocycles. The van der Waals surface area contributed by atoms with Crippen LogP contribution in [0.3, 0.4) is 0 Å². The van der Waals surface area contributed by atoms with E-state index < -0.39 is 23.8 Å². The zero-order valence-corrected chi connectivity index (χ0v) is 23.4. The number of terminal acetylenes is 1. The van der Waals surface area contributed by atoms with Gasteiger partial charge in [0, 0.05) is 18.2 Å². The first-order valence-corrected chi connectivity index (χ1v) is 13.6. The molecule has 0 radical (unpaired) electrons. The molecule has 1 aliphatic rings. The maximum atomic E-state index is 14.1. The van der Waals surface area contributed by atoms with Crippen molar-refractivity contribution in [3.63, 3.8) is 0 Å². The largest absolute Gasteiger partial charge is 0.444 e. The summed E-state index contributed by atoms with van der Waals surface area (Å²) in [6.07, 6.45) is 11.7. The molecule has 2 rings (SSSR count).